The SMILES string of the molecule is Cc1ccccc1Nc1ncc(C#N)cc1Br. The lowest BCUT2D eigenvalue weighted by molar-refractivity contribution is 1.26. The van der Waals surface area contributed by atoms with E-state index in [0.29, 0.717) is 11.4 Å². The third-order valence-corrected chi connectivity index (χ3v) is 2.97. The smallest absolute Gasteiger partial charge is 0.144 e. The van der Waals surface area contributed by atoms with Gasteiger partial charge in [0.2, 0.25) is 0 Å². The van der Waals surface area contributed by atoms with Gasteiger partial charge in [0.05, 0.1) is 10.0 Å². The summed E-state index contributed by atoms with van der Waals surface area (Å²) in [4.78, 5) is 4.20. The van der Waals surface area contributed by atoms with Crippen LogP contribution >= 0.6 is 15.9 Å². The molecule has 0 saturated carbocycles. The van der Waals surface area contributed by atoms with Crippen molar-refractivity contribution in [2.75, 3.05) is 5.32 Å². The zero-order chi connectivity index (χ0) is 12.3. The Hall–Kier alpha value is -1.86. The maximum absolute atomic E-state index is 8.76. The van der Waals surface area contributed by atoms with E-state index < -0.39 is 0 Å². The third-order valence-electron chi connectivity index (χ3n) is 2.37. The minimum absolute atomic E-state index is 0.534. The fourth-order valence-electron chi connectivity index (χ4n) is 1.43. The number of hydrogen-bond acceptors (Lipinski definition) is 3. The van der Waals surface area contributed by atoms with E-state index in [2.05, 4.69) is 26.2 Å². The highest BCUT2D eigenvalue weighted by atomic mass is 79.9. The molecule has 1 aromatic carbocycles. The average Bonchev–Trinajstić information content (AvgIpc) is 2.34. The van der Waals surface area contributed by atoms with Crippen molar-refractivity contribution in [3.8, 4) is 6.07 Å². The van der Waals surface area contributed by atoms with E-state index in [1.807, 2.05) is 37.3 Å². The van der Waals surface area contributed by atoms with Crippen LogP contribution in [-0.2, 0) is 0 Å². The van der Waals surface area contributed by atoms with Crippen LogP contribution in [0.2, 0.25) is 0 Å². The number of nitrogens with one attached hydrogen (secondary N) is 1. The lowest BCUT2D eigenvalue weighted by Gasteiger charge is -2.09. The number of para-hydroxylation sites is 1. The Morgan fingerprint density at radius 1 is 1.35 bits per heavy atom. The van der Waals surface area contributed by atoms with E-state index in [-0.39, 0.29) is 0 Å². The Labute approximate surface area is 108 Å². The quantitative estimate of drug-likeness (QED) is 0.915. The fraction of sp³-hybridized carbons (Fsp3) is 0.0769. The van der Waals surface area contributed by atoms with Gasteiger partial charge in [-0.25, -0.2) is 4.98 Å². The molecule has 0 aliphatic heterocycles. The molecule has 4 heteroatoms. The van der Waals surface area contributed by atoms with Gasteiger partial charge in [0.15, 0.2) is 0 Å². The second-order valence-corrected chi connectivity index (χ2v) is 4.46. The molecule has 2 aromatic rings. The Morgan fingerprint density at radius 3 is 2.76 bits per heavy atom. The van der Waals surface area contributed by atoms with Gasteiger partial charge in [-0.05, 0) is 40.5 Å². The van der Waals surface area contributed by atoms with Crippen molar-refractivity contribution < 1.29 is 0 Å². The number of benzene rings is 1. The predicted octanol–water partition coefficient (Wildman–Crippen LogP) is 3.77. The molecule has 0 aliphatic rings. The molecular weight excluding hydrogens is 278 g/mol. The number of nitrogens with zero attached hydrogens (tertiary/aromatic N) is 2. The number of aryl methyl sites for hydroxylation is 1. The number of anilines is 2. The Bertz CT molecular complexity index is 587. The molecule has 2 rings (SSSR count). The predicted molar refractivity (Wildman–Crippen MR) is 71.1 cm³/mol. The highest BCUT2D eigenvalue weighted by Crippen LogP contribution is 2.25. The number of nitriles is 1. The monoisotopic (exact) mass is 287 g/mol. The molecule has 1 N–H and O–H groups in total. The van der Waals surface area contributed by atoms with Gasteiger partial charge in [-0.15, -0.1) is 0 Å². The summed E-state index contributed by atoms with van der Waals surface area (Å²) in [5.74, 6) is 0.707. The fourth-order valence-corrected chi connectivity index (χ4v) is 1.88. The topological polar surface area (TPSA) is 48.7 Å². The van der Waals surface area contributed by atoms with Crippen LogP contribution in [0.3, 0.4) is 0 Å². The molecule has 0 atom stereocenters. The van der Waals surface area contributed by atoms with Crippen LogP contribution in [0.15, 0.2) is 41.0 Å². The van der Waals surface area contributed by atoms with Crippen LogP contribution in [0, 0.1) is 18.3 Å². The molecule has 84 valence electrons. The van der Waals surface area contributed by atoms with Crippen LogP contribution in [0.5, 0.6) is 0 Å². The van der Waals surface area contributed by atoms with E-state index in [9.17, 15) is 0 Å². The lowest BCUT2D eigenvalue weighted by atomic mass is 10.2. The zero-order valence-corrected chi connectivity index (χ0v) is 10.8. The first-order chi connectivity index (χ1) is 8.20. The van der Waals surface area contributed by atoms with Gasteiger partial charge in [0, 0.05) is 11.9 Å². The van der Waals surface area contributed by atoms with Crippen LogP contribution in [-0.4, -0.2) is 4.98 Å². The normalized spacial score (nSPS) is 9.71. The summed E-state index contributed by atoms with van der Waals surface area (Å²) in [6, 6.07) is 11.8. The lowest BCUT2D eigenvalue weighted by Crippen LogP contribution is -1.96. The summed E-state index contributed by atoms with van der Waals surface area (Å²) in [5.41, 5.74) is 2.68. The van der Waals surface area contributed by atoms with Crippen LogP contribution in [0.4, 0.5) is 11.5 Å². The standard InChI is InChI=1S/C13H10BrN3/c1-9-4-2-3-5-12(9)17-13-11(14)6-10(7-15)8-16-13/h2-6,8H,1H3,(H,16,17). The molecule has 0 fully saturated rings. The number of hydrogen-bond donors (Lipinski definition) is 1. The van der Waals surface area contributed by atoms with Gasteiger partial charge < -0.3 is 5.32 Å². The molecule has 3 nitrogen and oxygen atoms in total. The first-order valence-electron chi connectivity index (χ1n) is 5.09. The van der Waals surface area contributed by atoms with Crippen molar-refractivity contribution in [3.63, 3.8) is 0 Å². The van der Waals surface area contributed by atoms with Gasteiger partial charge in [-0.2, -0.15) is 5.26 Å². The van der Waals surface area contributed by atoms with Crippen molar-refractivity contribution >= 4 is 27.4 Å². The van der Waals surface area contributed by atoms with Crippen LogP contribution < -0.4 is 5.32 Å². The Balaban J connectivity index is 2.32. The first kappa shape index (κ1) is 11.6. The van der Waals surface area contributed by atoms with Crippen LogP contribution in [0.25, 0.3) is 0 Å². The summed E-state index contributed by atoms with van der Waals surface area (Å²) in [7, 11) is 0. The largest absolute Gasteiger partial charge is 0.339 e. The molecule has 0 spiro atoms. The summed E-state index contributed by atoms with van der Waals surface area (Å²) in [6.07, 6.45) is 1.55. The Kier molecular flexibility index (Phi) is 3.40. The molecule has 17 heavy (non-hydrogen) atoms. The highest BCUT2D eigenvalue weighted by Gasteiger charge is 2.04. The van der Waals surface area contributed by atoms with E-state index in [0.717, 1.165) is 15.7 Å². The number of halogens is 1. The van der Waals surface area contributed by atoms with Crippen molar-refractivity contribution in [2.45, 2.75) is 6.92 Å². The average molecular weight is 288 g/mol. The zero-order valence-electron chi connectivity index (χ0n) is 9.24. The van der Waals surface area contributed by atoms with Gasteiger partial charge in [-0.3, -0.25) is 0 Å². The molecule has 1 heterocycles. The van der Waals surface area contributed by atoms with Crippen LogP contribution in [0.1, 0.15) is 11.1 Å². The maximum Gasteiger partial charge on any atom is 0.144 e. The van der Waals surface area contributed by atoms with Crippen molar-refractivity contribution in [1.82, 2.24) is 4.98 Å². The molecule has 0 radical (unpaired) electrons. The number of aromatic nitrogens is 1. The molecule has 0 amide bonds. The van der Waals surface area contributed by atoms with E-state index in [1.165, 1.54) is 0 Å². The maximum atomic E-state index is 8.76. The highest BCUT2D eigenvalue weighted by molar-refractivity contribution is 9.10. The van der Waals surface area contributed by atoms with Crippen molar-refractivity contribution in [2.24, 2.45) is 0 Å². The summed E-state index contributed by atoms with van der Waals surface area (Å²) >= 11 is 3.39. The van der Waals surface area contributed by atoms with E-state index in [4.69, 9.17) is 5.26 Å². The second kappa shape index (κ2) is 4.98. The van der Waals surface area contributed by atoms with Crippen molar-refractivity contribution in [3.05, 3.63) is 52.1 Å². The molecule has 0 bridgehead atoms. The minimum Gasteiger partial charge on any atom is -0.339 e. The summed E-state index contributed by atoms with van der Waals surface area (Å²) in [5, 5.41) is 12.0. The molecular formula is C13H10BrN3. The van der Waals surface area contributed by atoms with Gasteiger partial charge >= 0.3 is 0 Å². The third kappa shape index (κ3) is 2.63. The number of rotatable bonds is 2. The van der Waals surface area contributed by atoms with Gasteiger partial charge in [-0.1, -0.05) is 18.2 Å². The van der Waals surface area contributed by atoms with Crippen molar-refractivity contribution in [1.29, 1.82) is 5.26 Å². The van der Waals surface area contributed by atoms with Gasteiger partial charge in [0.25, 0.3) is 0 Å². The Morgan fingerprint density at radius 2 is 2.12 bits per heavy atom. The molecule has 0 aliphatic carbocycles. The molecule has 0 unspecified atom stereocenters. The number of pyridine rings is 1. The second-order valence-electron chi connectivity index (χ2n) is 3.61. The minimum atomic E-state index is 0.534. The van der Waals surface area contributed by atoms with E-state index in [1.54, 1.807) is 12.3 Å². The molecule has 1 aromatic heterocycles. The first-order valence-corrected chi connectivity index (χ1v) is 5.88. The summed E-state index contributed by atoms with van der Waals surface area (Å²) < 4.78 is 0.778. The van der Waals surface area contributed by atoms with Gasteiger partial charge in [0.1, 0.15) is 11.9 Å². The summed E-state index contributed by atoms with van der Waals surface area (Å²) in [6.45, 7) is 2.03. The molecule has 0 saturated heterocycles. The van der Waals surface area contributed by atoms with E-state index >= 15 is 0 Å².